The standard InChI is InChI=1S/C14H17N3/c15-8-11-7-12(16)3-6-14(11)17(13-4-5-13)9-10-1-2-10/h3,6-7,10,13H,1-2,4-5,9,16H2. The number of rotatable bonds is 4. The second-order valence-electron chi connectivity index (χ2n) is 5.22. The lowest BCUT2D eigenvalue weighted by Crippen LogP contribution is -2.28. The zero-order valence-corrected chi connectivity index (χ0v) is 9.89. The van der Waals surface area contributed by atoms with E-state index in [9.17, 15) is 5.26 Å². The molecule has 0 bridgehead atoms. The third-order valence-corrected chi connectivity index (χ3v) is 3.59. The van der Waals surface area contributed by atoms with Gasteiger partial charge in [0, 0.05) is 18.3 Å². The first-order chi connectivity index (χ1) is 8.28. The van der Waals surface area contributed by atoms with Gasteiger partial charge < -0.3 is 10.6 Å². The van der Waals surface area contributed by atoms with E-state index in [-0.39, 0.29) is 0 Å². The minimum Gasteiger partial charge on any atom is -0.399 e. The van der Waals surface area contributed by atoms with E-state index in [0.29, 0.717) is 11.7 Å². The van der Waals surface area contributed by atoms with Crippen molar-refractivity contribution in [2.75, 3.05) is 17.2 Å². The monoisotopic (exact) mass is 227 g/mol. The predicted octanol–water partition coefficient (Wildman–Crippen LogP) is 2.52. The maximum atomic E-state index is 9.21. The number of nitrogens with two attached hydrogens (primary N) is 1. The lowest BCUT2D eigenvalue weighted by atomic mass is 10.1. The summed E-state index contributed by atoms with van der Waals surface area (Å²) in [5, 5.41) is 9.21. The molecule has 2 aliphatic rings. The molecule has 17 heavy (non-hydrogen) atoms. The van der Waals surface area contributed by atoms with Crippen LogP contribution in [0.4, 0.5) is 11.4 Å². The van der Waals surface area contributed by atoms with Crippen molar-refractivity contribution >= 4 is 11.4 Å². The van der Waals surface area contributed by atoms with Crippen molar-refractivity contribution in [1.29, 1.82) is 5.26 Å². The van der Waals surface area contributed by atoms with Crippen LogP contribution in [0.3, 0.4) is 0 Å². The van der Waals surface area contributed by atoms with Gasteiger partial charge in [-0.05, 0) is 49.8 Å². The maximum Gasteiger partial charge on any atom is 0.101 e. The summed E-state index contributed by atoms with van der Waals surface area (Å²) in [4.78, 5) is 2.43. The molecule has 0 saturated heterocycles. The van der Waals surface area contributed by atoms with Crippen LogP contribution in [0.2, 0.25) is 0 Å². The molecule has 0 atom stereocenters. The van der Waals surface area contributed by atoms with Crippen LogP contribution >= 0.6 is 0 Å². The Hall–Kier alpha value is -1.69. The second-order valence-corrected chi connectivity index (χ2v) is 5.22. The number of nitrogens with zero attached hydrogens (tertiary/aromatic N) is 2. The third kappa shape index (κ3) is 2.21. The number of anilines is 2. The van der Waals surface area contributed by atoms with E-state index in [4.69, 9.17) is 5.73 Å². The van der Waals surface area contributed by atoms with E-state index >= 15 is 0 Å². The summed E-state index contributed by atoms with van der Waals surface area (Å²) < 4.78 is 0. The zero-order valence-electron chi connectivity index (χ0n) is 9.89. The Kier molecular flexibility index (Phi) is 2.44. The third-order valence-electron chi connectivity index (χ3n) is 3.59. The van der Waals surface area contributed by atoms with Crippen molar-refractivity contribution in [1.82, 2.24) is 0 Å². The summed E-state index contributed by atoms with van der Waals surface area (Å²) in [5.41, 5.74) is 8.21. The van der Waals surface area contributed by atoms with Gasteiger partial charge in [0.15, 0.2) is 0 Å². The molecule has 3 heteroatoms. The molecule has 3 nitrogen and oxygen atoms in total. The summed E-state index contributed by atoms with van der Waals surface area (Å²) in [6, 6.07) is 8.63. The molecule has 2 fully saturated rings. The van der Waals surface area contributed by atoms with Gasteiger partial charge in [-0.2, -0.15) is 5.26 Å². The molecular weight excluding hydrogens is 210 g/mol. The molecule has 2 aliphatic carbocycles. The minimum absolute atomic E-state index is 0.659. The SMILES string of the molecule is N#Cc1cc(N)ccc1N(CC1CC1)C1CC1. The first-order valence-electron chi connectivity index (χ1n) is 6.34. The van der Waals surface area contributed by atoms with E-state index in [2.05, 4.69) is 11.0 Å². The van der Waals surface area contributed by atoms with Crippen LogP contribution in [0, 0.1) is 17.2 Å². The fourth-order valence-electron chi connectivity index (χ4n) is 2.30. The van der Waals surface area contributed by atoms with E-state index in [0.717, 1.165) is 23.7 Å². The molecule has 0 aliphatic heterocycles. The van der Waals surface area contributed by atoms with Gasteiger partial charge in [0.05, 0.1) is 11.3 Å². The smallest absolute Gasteiger partial charge is 0.101 e. The highest BCUT2D eigenvalue weighted by molar-refractivity contribution is 5.65. The van der Waals surface area contributed by atoms with Gasteiger partial charge in [-0.1, -0.05) is 0 Å². The summed E-state index contributed by atoms with van der Waals surface area (Å²) in [6.45, 7) is 1.11. The molecule has 0 heterocycles. The van der Waals surface area contributed by atoms with E-state index < -0.39 is 0 Å². The summed E-state index contributed by atoms with van der Waals surface area (Å²) in [6.07, 6.45) is 5.23. The van der Waals surface area contributed by atoms with Crippen molar-refractivity contribution in [3.05, 3.63) is 23.8 Å². The Balaban J connectivity index is 1.91. The fraction of sp³-hybridized carbons (Fsp3) is 0.500. The van der Waals surface area contributed by atoms with Crippen LogP contribution < -0.4 is 10.6 Å². The van der Waals surface area contributed by atoms with E-state index in [1.807, 2.05) is 12.1 Å². The number of nitrogen functional groups attached to an aromatic ring is 1. The van der Waals surface area contributed by atoms with Crippen molar-refractivity contribution in [2.45, 2.75) is 31.7 Å². The normalized spacial score (nSPS) is 18.8. The van der Waals surface area contributed by atoms with Crippen LogP contribution in [0.1, 0.15) is 31.2 Å². The lowest BCUT2D eigenvalue weighted by molar-refractivity contribution is 0.718. The van der Waals surface area contributed by atoms with Crippen molar-refractivity contribution in [3.63, 3.8) is 0 Å². The molecule has 1 aromatic carbocycles. The summed E-state index contributed by atoms with van der Waals surface area (Å²) in [5.74, 6) is 0.847. The molecule has 2 saturated carbocycles. The van der Waals surface area contributed by atoms with Crippen LogP contribution in [0.15, 0.2) is 18.2 Å². The van der Waals surface area contributed by atoms with Gasteiger partial charge in [-0.3, -0.25) is 0 Å². The Morgan fingerprint density at radius 3 is 2.65 bits per heavy atom. The largest absolute Gasteiger partial charge is 0.399 e. The average molecular weight is 227 g/mol. The van der Waals surface area contributed by atoms with Crippen LogP contribution in [0.25, 0.3) is 0 Å². The molecule has 0 amide bonds. The summed E-state index contributed by atoms with van der Waals surface area (Å²) in [7, 11) is 0. The molecule has 0 unspecified atom stereocenters. The van der Waals surface area contributed by atoms with Crippen molar-refractivity contribution < 1.29 is 0 Å². The number of hydrogen-bond acceptors (Lipinski definition) is 3. The Morgan fingerprint density at radius 1 is 1.29 bits per heavy atom. The number of nitriles is 1. The summed E-state index contributed by atoms with van der Waals surface area (Å²) >= 11 is 0. The minimum atomic E-state index is 0.659. The molecular formula is C14H17N3. The first-order valence-corrected chi connectivity index (χ1v) is 6.34. The van der Waals surface area contributed by atoms with Gasteiger partial charge in [0.1, 0.15) is 6.07 Å². The molecule has 2 N–H and O–H groups in total. The Bertz CT molecular complexity index is 467. The van der Waals surface area contributed by atoms with Crippen LogP contribution in [0.5, 0.6) is 0 Å². The molecule has 0 aromatic heterocycles. The lowest BCUT2D eigenvalue weighted by Gasteiger charge is -2.25. The van der Waals surface area contributed by atoms with E-state index in [1.54, 1.807) is 6.07 Å². The zero-order chi connectivity index (χ0) is 11.8. The van der Waals surface area contributed by atoms with Crippen molar-refractivity contribution in [3.8, 4) is 6.07 Å². The van der Waals surface area contributed by atoms with Gasteiger partial charge in [-0.15, -0.1) is 0 Å². The van der Waals surface area contributed by atoms with Crippen LogP contribution in [-0.4, -0.2) is 12.6 Å². The molecule has 3 rings (SSSR count). The molecule has 1 aromatic rings. The highest BCUT2D eigenvalue weighted by Gasteiger charge is 2.34. The maximum absolute atomic E-state index is 9.21. The highest BCUT2D eigenvalue weighted by atomic mass is 15.2. The molecule has 88 valence electrons. The van der Waals surface area contributed by atoms with E-state index in [1.165, 1.54) is 25.7 Å². The molecule has 0 radical (unpaired) electrons. The predicted molar refractivity (Wildman–Crippen MR) is 68.7 cm³/mol. The topological polar surface area (TPSA) is 53.1 Å². The highest BCUT2D eigenvalue weighted by Crippen LogP contribution is 2.39. The Labute approximate surface area is 102 Å². The quantitative estimate of drug-likeness (QED) is 0.804. The number of benzene rings is 1. The average Bonchev–Trinajstić information content (AvgIpc) is 3.18. The fourth-order valence-corrected chi connectivity index (χ4v) is 2.30. The van der Waals surface area contributed by atoms with Gasteiger partial charge in [-0.25, -0.2) is 0 Å². The Morgan fingerprint density at radius 2 is 2.06 bits per heavy atom. The second kappa shape index (κ2) is 3.96. The van der Waals surface area contributed by atoms with Gasteiger partial charge in [0.25, 0.3) is 0 Å². The molecule has 0 spiro atoms. The number of hydrogen-bond donors (Lipinski definition) is 1. The van der Waals surface area contributed by atoms with Crippen LogP contribution in [-0.2, 0) is 0 Å². The van der Waals surface area contributed by atoms with Crippen molar-refractivity contribution in [2.24, 2.45) is 5.92 Å². The van der Waals surface area contributed by atoms with Gasteiger partial charge in [0.2, 0.25) is 0 Å². The first kappa shape index (κ1) is 10.5. The van der Waals surface area contributed by atoms with Gasteiger partial charge >= 0.3 is 0 Å².